The van der Waals surface area contributed by atoms with Gasteiger partial charge in [0.2, 0.25) is 5.91 Å². The second-order valence-corrected chi connectivity index (χ2v) is 7.35. The molecular formula is C25H30N2O3. The fraction of sp³-hybridized carbons (Fsp3) is 0.280. The first kappa shape index (κ1) is 23.1. The van der Waals surface area contributed by atoms with Crippen molar-refractivity contribution in [2.45, 2.75) is 32.1 Å². The van der Waals surface area contributed by atoms with Crippen LogP contribution in [0.3, 0.4) is 0 Å². The zero-order valence-corrected chi connectivity index (χ0v) is 17.5. The molecule has 2 rings (SSSR count). The number of amides is 2. The van der Waals surface area contributed by atoms with Crippen molar-refractivity contribution in [3.63, 3.8) is 0 Å². The summed E-state index contributed by atoms with van der Waals surface area (Å²) < 4.78 is 0. The predicted molar refractivity (Wildman–Crippen MR) is 120 cm³/mol. The summed E-state index contributed by atoms with van der Waals surface area (Å²) in [6, 6.07) is 10.5. The molecule has 0 aromatic heterocycles. The van der Waals surface area contributed by atoms with E-state index in [0.717, 1.165) is 37.9 Å². The van der Waals surface area contributed by atoms with E-state index in [-0.39, 0.29) is 5.91 Å². The van der Waals surface area contributed by atoms with E-state index in [9.17, 15) is 9.59 Å². The summed E-state index contributed by atoms with van der Waals surface area (Å²) in [7, 11) is 0. The first-order valence-corrected chi connectivity index (χ1v) is 10.2. The standard InChI is InChI=1S/C25H30N2O3/c1-20(13-15-24(28)26-30)8-6-9-21(2)14-16-25(29)27-18-7-12-23(17-19-27)22-10-4-3-5-11-22/h3-6,8-11,13-16,23,30H,1,7,12,17-19H2,2H3,(H,26,28)/b8-6-,15-13+,16-14+,21-9+. The molecule has 0 aliphatic carbocycles. The predicted octanol–water partition coefficient (Wildman–Crippen LogP) is 4.46. The van der Waals surface area contributed by atoms with Gasteiger partial charge in [0, 0.05) is 25.2 Å². The third-order valence-corrected chi connectivity index (χ3v) is 5.03. The second kappa shape index (κ2) is 12.4. The van der Waals surface area contributed by atoms with Crippen LogP contribution in [0.4, 0.5) is 0 Å². The van der Waals surface area contributed by atoms with Crippen LogP contribution in [0.5, 0.6) is 0 Å². The molecule has 0 radical (unpaired) electrons. The highest BCUT2D eigenvalue weighted by Gasteiger charge is 2.20. The summed E-state index contributed by atoms with van der Waals surface area (Å²) in [5, 5.41) is 8.43. The second-order valence-electron chi connectivity index (χ2n) is 7.35. The van der Waals surface area contributed by atoms with Crippen LogP contribution in [0, 0.1) is 0 Å². The van der Waals surface area contributed by atoms with Gasteiger partial charge in [-0.3, -0.25) is 14.8 Å². The molecule has 1 aromatic rings. The smallest absolute Gasteiger partial charge is 0.267 e. The minimum Gasteiger partial charge on any atom is -0.339 e. The molecule has 5 nitrogen and oxygen atoms in total. The van der Waals surface area contributed by atoms with Crippen molar-refractivity contribution in [2.75, 3.05) is 13.1 Å². The van der Waals surface area contributed by atoms with Crippen LogP contribution in [0.25, 0.3) is 0 Å². The maximum Gasteiger partial charge on any atom is 0.267 e. The zero-order valence-electron chi connectivity index (χ0n) is 17.5. The number of benzene rings is 1. The summed E-state index contributed by atoms with van der Waals surface area (Å²) in [6.07, 6.45) is 14.6. The molecule has 1 aliphatic rings. The summed E-state index contributed by atoms with van der Waals surface area (Å²) >= 11 is 0. The summed E-state index contributed by atoms with van der Waals surface area (Å²) in [5.74, 6) is -0.0468. The van der Waals surface area contributed by atoms with Gasteiger partial charge in [-0.2, -0.15) is 0 Å². The van der Waals surface area contributed by atoms with E-state index in [1.807, 2.05) is 30.0 Å². The highest BCUT2D eigenvalue weighted by molar-refractivity contribution is 5.88. The van der Waals surface area contributed by atoms with Crippen LogP contribution in [0.2, 0.25) is 0 Å². The number of rotatable bonds is 7. The van der Waals surface area contributed by atoms with Gasteiger partial charge in [-0.1, -0.05) is 72.9 Å². The molecule has 1 heterocycles. The maximum atomic E-state index is 12.6. The number of allylic oxidation sites excluding steroid dienone is 7. The Morgan fingerprint density at radius 1 is 1.07 bits per heavy atom. The van der Waals surface area contributed by atoms with Crippen molar-refractivity contribution in [1.82, 2.24) is 10.4 Å². The lowest BCUT2D eigenvalue weighted by Gasteiger charge is -2.19. The normalized spacial score (nSPS) is 18.1. The molecule has 5 heteroatoms. The molecule has 1 atom stereocenters. The summed E-state index contributed by atoms with van der Waals surface area (Å²) in [6.45, 7) is 7.27. The van der Waals surface area contributed by atoms with Gasteiger partial charge in [-0.05, 0) is 43.2 Å². The van der Waals surface area contributed by atoms with Gasteiger partial charge in [-0.15, -0.1) is 0 Å². The number of carbonyl (C=O) groups is 2. The highest BCUT2D eigenvalue weighted by Crippen LogP contribution is 2.27. The number of carbonyl (C=O) groups excluding carboxylic acids is 2. The van der Waals surface area contributed by atoms with E-state index in [0.29, 0.717) is 11.5 Å². The Balaban J connectivity index is 1.85. The van der Waals surface area contributed by atoms with Crippen molar-refractivity contribution < 1.29 is 14.8 Å². The van der Waals surface area contributed by atoms with Gasteiger partial charge >= 0.3 is 0 Å². The topological polar surface area (TPSA) is 69.6 Å². The molecule has 0 spiro atoms. The Hall–Kier alpha value is -3.18. The Morgan fingerprint density at radius 2 is 1.83 bits per heavy atom. The fourth-order valence-corrected chi connectivity index (χ4v) is 3.34. The van der Waals surface area contributed by atoms with Crippen LogP contribution in [-0.2, 0) is 9.59 Å². The molecule has 0 bridgehead atoms. The van der Waals surface area contributed by atoms with Crippen LogP contribution in [-0.4, -0.2) is 35.0 Å². The first-order valence-electron chi connectivity index (χ1n) is 10.2. The van der Waals surface area contributed by atoms with Gasteiger partial charge in [0.1, 0.15) is 0 Å². The van der Waals surface area contributed by atoms with E-state index in [2.05, 4.69) is 30.8 Å². The number of nitrogens with one attached hydrogen (secondary N) is 1. The molecule has 2 amide bonds. The average Bonchev–Trinajstić information content (AvgIpc) is 3.03. The lowest BCUT2D eigenvalue weighted by atomic mass is 9.92. The zero-order chi connectivity index (χ0) is 21.8. The Kier molecular flexibility index (Phi) is 9.55. The maximum absolute atomic E-state index is 12.6. The Bertz CT molecular complexity index is 850. The lowest BCUT2D eigenvalue weighted by molar-refractivity contribution is -0.126. The molecule has 1 aliphatic heterocycles. The van der Waals surface area contributed by atoms with E-state index in [1.54, 1.807) is 18.2 Å². The molecule has 158 valence electrons. The quantitative estimate of drug-likeness (QED) is 0.304. The highest BCUT2D eigenvalue weighted by atomic mass is 16.5. The monoisotopic (exact) mass is 406 g/mol. The minimum atomic E-state index is -0.610. The molecule has 0 saturated carbocycles. The van der Waals surface area contributed by atoms with Gasteiger partial charge in [0.15, 0.2) is 0 Å². The van der Waals surface area contributed by atoms with Crippen LogP contribution in [0.1, 0.15) is 37.7 Å². The number of nitrogens with zero attached hydrogens (tertiary/aromatic N) is 1. The molecule has 2 N–H and O–H groups in total. The Labute approximate surface area is 178 Å². The van der Waals surface area contributed by atoms with Gasteiger partial charge in [0.05, 0.1) is 0 Å². The van der Waals surface area contributed by atoms with Gasteiger partial charge in [-0.25, -0.2) is 5.48 Å². The third-order valence-electron chi connectivity index (χ3n) is 5.03. The average molecular weight is 407 g/mol. The molecule has 30 heavy (non-hydrogen) atoms. The summed E-state index contributed by atoms with van der Waals surface area (Å²) in [5.41, 5.74) is 4.42. The number of hydrogen-bond acceptors (Lipinski definition) is 3. The van der Waals surface area contributed by atoms with Crippen molar-refractivity contribution >= 4 is 11.8 Å². The molecular weight excluding hydrogens is 376 g/mol. The van der Waals surface area contributed by atoms with Gasteiger partial charge in [0.25, 0.3) is 5.91 Å². The van der Waals surface area contributed by atoms with E-state index in [1.165, 1.54) is 23.2 Å². The molecule has 1 fully saturated rings. The minimum absolute atomic E-state index is 0.0443. The largest absolute Gasteiger partial charge is 0.339 e. The van der Waals surface area contributed by atoms with Crippen molar-refractivity contribution in [2.24, 2.45) is 0 Å². The molecule has 1 unspecified atom stereocenters. The third kappa shape index (κ3) is 8.05. The number of likely N-dealkylation sites (tertiary alicyclic amines) is 1. The van der Waals surface area contributed by atoms with Crippen LogP contribution in [0.15, 0.2) is 90.6 Å². The van der Waals surface area contributed by atoms with Crippen LogP contribution < -0.4 is 5.48 Å². The van der Waals surface area contributed by atoms with Gasteiger partial charge < -0.3 is 4.90 Å². The van der Waals surface area contributed by atoms with Crippen LogP contribution >= 0.6 is 0 Å². The lowest BCUT2D eigenvalue weighted by Crippen LogP contribution is -2.30. The number of hydroxylamine groups is 1. The Morgan fingerprint density at radius 3 is 2.57 bits per heavy atom. The van der Waals surface area contributed by atoms with Crippen molar-refractivity contribution in [3.8, 4) is 0 Å². The van der Waals surface area contributed by atoms with E-state index >= 15 is 0 Å². The fourth-order valence-electron chi connectivity index (χ4n) is 3.34. The summed E-state index contributed by atoms with van der Waals surface area (Å²) in [4.78, 5) is 25.4. The molecule has 1 aromatic carbocycles. The van der Waals surface area contributed by atoms with E-state index < -0.39 is 5.91 Å². The van der Waals surface area contributed by atoms with E-state index in [4.69, 9.17) is 5.21 Å². The van der Waals surface area contributed by atoms with Crippen molar-refractivity contribution in [1.29, 1.82) is 0 Å². The molecule has 1 saturated heterocycles. The van der Waals surface area contributed by atoms with Crippen molar-refractivity contribution in [3.05, 3.63) is 96.2 Å². The number of hydrogen-bond donors (Lipinski definition) is 2. The SMILES string of the molecule is C=C(\C=C/C=C(C)/C=C/C(=O)N1CCCC(c2ccccc2)CC1)/C=C/C(=O)NO. The first-order chi connectivity index (χ1) is 14.5.